The summed E-state index contributed by atoms with van der Waals surface area (Å²) in [4.78, 5) is 3.80. The molecule has 0 fully saturated rings. The molecule has 21 heavy (non-hydrogen) atoms. The molecular formula is C15H15F3N2O. The Morgan fingerprint density at radius 2 is 1.86 bits per heavy atom. The molecule has 1 aromatic heterocycles. The number of hydrogen-bond acceptors (Lipinski definition) is 3. The van der Waals surface area contributed by atoms with E-state index in [1.165, 1.54) is 13.0 Å². The summed E-state index contributed by atoms with van der Waals surface area (Å²) >= 11 is 0. The third-order valence-corrected chi connectivity index (χ3v) is 3.05. The number of anilines is 1. The van der Waals surface area contributed by atoms with Crippen LogP contribution in [0.25, 0.3) is 0 Å². The molecule has 2 rings (SSSR count). The molecule has 2 aromatic rings. The summed E-state index contributed by atoms with van der Waals surface area (Å²) < 4.78 is 42.9. The first-order valence-electron chi connectivity index (χ1n) is 6.31. The highest BCUT2D eigenvalue weighted by molar-refractivity contribution is 5.42. The summed E-state index contributed by atoms with van der Waals surface area (Å²) in [6.07, 6.45) is -3.52. The Hall–Kier alpha value is -2.24. The van der Waals surface area contributed by atoms with E-state index in [0.717, 1.165) is 17.5 Å². The molecule has 1 heterocycles. The largest absolute Gasteiger partial charge is 0.497 e. The Morgan fingerprint density at radius 3 is 2.38 bits per heavy atom. The third-order valence-electron chi connectivity index (χ3n) is 3.05. The van der Waals surface area contributed by atoms with Crippen molar-refractivity contribution < 1.29 is 17.9 Å². The van der Waals surface area contributed by atoms with Gasteiger partial charge >= 0.3 is 6.18 Å². The van der Waals surface area contributed by atoms with Crippen LogP contribution in [0.3, 0.4) is 0 Å². The summed E-state index contributed by atoms with van der Waals surface area (Å²) in [5.74, 6) is 1.17. The molecule has 0 unspecified atom stereocenters. The summed E-state index contributed by atoms with van der Waals surface area (Å²) in [6, 6.07) is 8.79. The van der Waals surface area contributed by atoms with Gasteiger partial charge in [-0.05, 0) is 36.2 Å². The van der Waals surface area contributed by atoms with Crippen molar-refractivity contribution >= 4 is 5.82 Å². The van der Waals surface area contributed by atoms with Gasteiger partial charge in [0.25, 0.3) is 0 Å². The molecule has 0 radical (unpaired) electrons. The molecule has 0 aliphatic rings. The Balaban J connectivity index is 2.05. The van der Waals surface area contributed by atoms with Gasteiger partial charge in [0.1, 0.15) is 11.6 Å². The van der Waals surface area contributed by atoms with Gasteiger partial charge in [0, 0.05) is 12.7 Å². The summed E-state index contributed by atoms with van der Waals surface area (Å²) in [5, 5.41) is 3.00. The van der Waals surface area contributed by atoms with Gasteiger partial charge in [-0.3, -0.25) is 0 Å². The molecular weight excluding hydrogens is 281 g/mol. The van der Waals surface area contributed by atoms with E-state index in [2.05, 4.69) is 10.3 Å². The van der Waals surface area contributed by atoms with E-state index >= 15 is 0 Å². The van der Waals surface area contributed by atoms with Crippen molar-refractivity contribution in [2.45, 2.75) is 19.6 Å². The average molecular weight is 296 g/mol. The fraction of sp³-hybridized carbons (Fsp3) is 0.267. The Bertz CT molecular complexity index is 609. The first-order chi connectivity index (χ1) is 9.90. The van der Waals surface area contributed by atoms with Gasteiger partial charge in [0.15, 0.2) is 0 Å². The fourth-order valence-electron chi connectivity index (χ4n) is 1.89. The number of rotatable bonds is 4. The van der Waals surface area contributed by atoms with Gasteiger partial charge in [-0.15, -0.1) is 0 Å². The number of nitrogens with zero attached hydrogens (tertiary/aromatic N) is 1. The molecule has 3 nitrogen and oxygen atoms in total. The summed E-state index contributed by atoms with van der Waals surface area (Å²) in [7, 11) is 1.59. The van der Waals surface area contributed by atoms with Crippen LogP contribution in [0.15, 0.2) is 36.5 Å². The van der Waals surface area contributed by atoms with Crippen molar-refractivity contribution in [1.29, 1.82) is 0 Å². The average Bonchev–Trinajstić information content (AvgIpc) is 2.44. The zero-order valence-corrected chi connectivity index (χ0v) is 11.7. The fourth-order valence-corrected chi connectivity index (χ4v) is 1.89. The number of aromatic nitrogens is 1. The molecule has 0 saturated carbocycles. The van der Waals surface area contributed by atoms with Crippen molar-refractivity contribution in [3.05, 3.63) is 53.2 Å². The maximum absolute atomic E-state index is 12.6. The second kappa shape index (κ2) is 6.03. The third kappa shape index (κ3) is 3.87. The van der Waals surface area contributed by atoms with Crippen LogP contribution < -0.4 is 10.1 Å². The number of benzene rings is 1. The number of nitrogens with one attached hydrogen (secondary N) is 1. The van der Waals surface area contributed by atoms with Gasteiger partial charge in [-0.2, -0.15) is 13.2 Å². The van der Waals surface area contributed by atoms with Crippen LogP contribution in [-0.4, -0.2) is 12.1 Å². The molecule has 0 aliphatic heterocycles. The molecule has 0 spiro atoms. The van der Waals surface area contributed by atoms with Crippen molar-refractivity contribution in [3.8, 4) is 5.75 Å². The predicted octanol–water partition coefficient (Wildman–Crippen LogP) is 4.03. The van der Waals surface area contributed by atoms with E-state index in [1.54, 1.807) is 7.11 Å². The highest BCUT2D eigenvalue weighted by atomic mass is 19.4. The highest BCUT2D eigenvalue weighted by Gasteiger charge is 2.32. The van der Waals surface area contributed by atoms with E-state index < -0.39 is 11.7 Å². The van der Waals surface area contributed by atoms with E-state index in [0.29, 0.717) is 12.4 Å². The standard InChI is InChI=1S/C15H15F3N2O/c1-10-7-14(20-9-13(10)15(16,17)18)19-8-11-3-5-12(21-2)6-4-11/h3-7,9H,8H2,1-2H3,(H,19,20). The lowest BCUT2D eigenvalue weighted by atomic mass is 10.1. The number of methoxy groups -OCH3 is 1. The molecule has 0 aliphatic carbocycles. The number of pyridine rings is 1. The number of aryl methyl sites for hydroxylation is 1. The first-order valence-corrected chi connectivity index (χ1v) is 6.31. The van der Waals surface area contributed by atoms with Gasteiger partial charge in [0.2, 0.25) is 0 Å². The highest BCUT2D eigenvalue weighted by Crippen LogP contribution is 2.31. The molecule has 6 heteroatoms. The SMILES string of the molecule is COc1ccc(CNc2cc(C)c(C(F)(F)F)cn2)cc1. The van der Waals surface area contributed by atoms with Crippen LogP contribution in [0.4, 0.5) is 19.0 Å². The minimum absolute atomic E-state index is 0.148. The number of halogens is 3. The Kier molecular flexibility index (Phi) is 4.35. The van der Waals surface area contributed by atoms with Crippen LogP contribution in [-0.2, 0) is 12.7 Å². The lowest BCUT2D eigenvalue weighted by Gasteiger charge is -2.12. The smallest absolute Gasteiger partial charge is 0.418 e. The normalized spacial score (nSPS) is 11.3. The number of ether oxygens (including phenoxy) is 1. The number of hydrogen-bond donors (Lipinski definition) is 1. The van der Waals surface area contributed by atoms with Gasteiger partial charge in [-0.1, -0.05) is 12.1 Å². The van der Waals surface area contributed by atoms with E-state index in [4.69, 9.17) is 4.74 Å². The van der Waals surface area contributed by atoms with Crippen molar-refractivity contribution in [3.63, 3.8) is 0 Å². The van der Waals surface area contributed by atoms with Crippen LogP contribution in [0.1, 0.15) is 16.7 Å². The first kappa shape index (κ1) is 15.2. The zero-order chi connectivity index (χ0) is 15.5. The van der Waals surface area contributed by atoms with Crippen molar-refractivity contribution in [2.75, 3.05) is 12.4 Å². The summed E-state index contributed by atoms with van der Waals surface area (Å²) in [6.45, 7) is 1.89. The zero-order valence-electron chi connectivity index (χ0n) is 11.7. The van der Waals surface area contributed by atoms with Crippen LogP contribution in [0.5, 0.6) is 5.75 Å². The van der Waals surface area contributed by atoms with Crippen molar-refractivity contribution in [1.82, 2.24) is 4.98 Å². The topological polar surface area (TPSA) is 34.1 Å². The quantitative estimate of drug-likeness (QED) is 0.925. The second-order valence-corrected chi connectivity index (χ2v) is 4.58. The van der Waals surface area contributed by atoms with Crippen molar-refractivity contribution in [2.24, 2.45) is 0 Å². The molecule has 0 saturated heterocycles. The van der Waals surface area contributed by atoms with Gasteiger partial charge in [0.05, 0.1) is 12.7 Å². The minimum atomic E-state index is -4.37. The molecule has 112 valence electrons. The monoisotopic (exact) mass is 296 g/mol. The maximum atomic E-state index is 12.6. The lowest BCUT2D eigenvalue weighted by Crippen LogP contribution is -2.09. The Labute approximate surface area is 120 Å². The second-order valence-electron chi connectivity index (χ2n) is 4.58. The van der Waals surface area contributed by atoms with Crippen LogP contribution in [0.2, 0.25) is 0 Å². The van der Waals surface area contributed by atoms with Crippen LogP contribution >= 0.6 is 0 Å². The maximum Gasteiger partial charge on any atom is 0.418 e. The van der Waals surface area contributed by atoms with Gasteiger partial charge in [-0.25, -0.2) is 4.98 Å². The van der Waals surface area contributed by atoms with E-state index in [9.17, 15) is 13.2 Å². The molecule has 1 N–H and O–H groups in total. The van der Waals surface area contributed by atoms with Gasteiger partial charge < -0.3 is 10.1 Å². The minimum Gasteiger partial charge on any atom is -0.497 e. The molecule has 1 aromatic carbocycles. The Morgan fingerprint density at radius 1 is 1.19 bits per heavy atom. The predicted molar refractivity (Wildman–Crippen MR) is 74.3 cm³/mol. The van der Waals surface area contributed by atoms with E-state index in [1.807, 2.05) is 24.3 Å². The molecule has 0 atom stereocenters. The number of alkyl halides is 3. The lowest BCUT2D eigenvalue weighted by molar-refractivity contribution is -0.138. The van der Waals surface area contributed by atoms with E-state index in [-0.39, 0.29) is 5.56 Å². The molecule has 0 bridgehead atoms. The summed E-state index contributed by atoms with van der Waals surface area (Å²) in [5.41, 5.74) is 0.419. The molecule has 0 amide bonds. The van der Waals surface area contributed by atoms with Crippen LogP contribution in [0, 0.1) is 6.92 Å².